The summed E-state index contributed by atoms with van der Waals surface area (Å²) >= 11 is 10.0. The second kappa shape index (κ2) is 25.9. The first-order valence-corrected chi connectivity index (χ1v) is 31.6. The van der Waals surface area contributed by atoms with Crippen LogP contribution in [0.15, 0.2) is 108 Å². The number of hydrogen-bond donors (Lipinski definition) is 7. The van der Waals surface area contributed by atoms with Crippen LogP contribution < -0.4 is 30.9 Å². The van der Waals surface area contributed by atoms with Crippen molar-refractivity contribution in [2.45, 2.75) is 109 Å². The molecule has 4 amide bonds. The summed E-state index contributed by atoms with van der Waals surface area (Å²) in [5.41, 5.74) is -4.06. The van der Waals surface area contributed by atoms with E-state index in [1.165, 1.54) is 53.1 Å². The third-order valence-electron chi connectivity index (χ3n) is 15.2. The second-order valence-electron chi connectivity index (χ2n) is 22.2. The molecule has 0 saturated carbocycles. The highest BCUT2D eigenvalue weighted by molar-refractivity contribution is 9.10. The lowest BCUT2D eigenvalue weighted by Gasteiger charge is -2.36. The molecule has 0 bridgehead atoms. The van der Waals surface area contributed by atoms with Crippen molar-refractivity contribution < 1.29 is 66.4 Å². The average molecular weight is 1290 g/mol. The van der Waals surface area contributed by atoms with Crippen LogP contribution in [0.2, 0.25) is 0 Å². The summed E-state index contributed by atoms with van der Waals surface area (Å²) in [4.78, 5) is 83.0. The predicted molar refractivity (Wildman–Crippen MR) is 327 cm³/mol. The van der Waals surface area contributed by atoms with Gasteiger partial charge >= 0.3 is 19.2 Å². The van der Waals surface area contributed by atoms with Gasteiger partial charge in [-0.25, -0.2) is 4.79 Å². The number of amides is 4. The van der Waals surface area contributed by atoms with Crippen molar-refractivity contribution in [3.63, 3.8) is 0 Å². The molecule has 1 fully saturated rings. The molecule has 18 nitrogen and oxygen atoms in total. The SMILES string of the molecule is CCOP(=O)(O)C(F)(F)c1ccc2sc(C(=O)N[C@H](C(=O)N3CCC[C@H]3C(=O)N(CCC(=O)NCCCCCCCCNC(=S)Nc3ccc4c(c3)C(=O)OC43c4ccc(O)cc4Oc4cc(O)ccc43)c3ccc(Br)cc3)C(C)(C)C)cc2c1. The number of fused-ring (bicyclic) bond motifs is 7. The zero-order chi connectivity index (χ0) is 61.0. The summed E-state index contributed by atoms with van der Waals surface area (Å²) in [6, 6.07) is 24.3. The maximum Gasteiger partial charge on any atom is 0.401 e. The maximum absolute atomic E-state index is 15.1. The van der Waals surface area contributed by atoms with Crippen LogP contribution >= 0.6 is 47.1 Å². The van der Waals surface area contributed by atoms with Gasteiger partial charge in [0, 0.05) is 87.5 Å². The molecule has 1 spiro atoms. The number of benzene rings is 5. The van der Waals surface area contributed by atoms with Gasteiger partial charge in [0.1, 0.15) is 35.1 Å². The third-order valence-corrected chi connectivity index (χ3v) is 18.6. The zero-order valence-corrected chi connectivity index (χ0v) is 51.3. The summed E-state index contributed by atoms with van der Waals surface area (Å²) < 4.78 is 60.5. The molecule has 1 saturated heterocycles. The van der Waals surface area contributed by atoms with Crippen molar-refractivity contribution in [2.75, 3.05) is 43.0 Å². The van der Waals surface area contributed by atoms with Crippen LogP contribution in [0.25, 0.3) is 10.1 Å². The molecule has 0 radical (unpaired) electrons. The number of thiophene rings is 1. The number of likely N-dealkylation sites (tertiary alicyclic amines) is 1. The molecule has 1 unspecified atom stereocenters. The molecular formula is C61H66BrF2N6O12PS2. The van der Waals surface area contributed by atoms with Crippen LogP contribution in [0, 0.1) is 5.41 Å². The minimum Gasteiger partial charge on any atom is -0.508 e. The molecule has 0 aliphatic carbocycles. The van der Waals surface area contributed by atoms with Gasteiger partial charge in [0.25, 0.3) is 5.91 Å². The molecule has 3 aliphatic rings. The standard InChI is InChI=1S/C61H66BrF2N6O12PS2/c1-5-80-83(78,79)61(63,64)37-14-25-50-36(31-37)32-51(85-50)54(74)68-53(59(2,3)4)56(76)70-29-12-13-47(70)55(75)69(40-18-15-38(62)16-19-40)30-26-52(73)65-27-10-8-6-7-9-11-28-66-58(84)67-39-17-22-44-43(33-39)57(77)82-60(44)45-23-20-41(71)34-48(45)81-49-35-42(72)21-24-46(49)60/h14-25,31-35,47,53,71-72H,5-13,26-30H2,1-4H3,(H,65,73)(H,68,74)(H,78,79)(H2,66,67,84)/t47-,53+/m0/s1. The molecule has 85 heavy (non-hydrogen) atoms. The average Bonchev–Trinajstić information content (AvgIpc) is 1.70. The van der Waals surface area contributed by atoms with Crippen LogP contribution in [0.5, 0.6) is 23.0 Å². The fraction of sp³-hybridized carbons (Fsp3) is 0.377. The Morgan fingerprint density at radius 3 is 2.15 bits per heavy atom. The zero-order valence-electron chi connectivity index (χ0n) is 47.2. The van der Waals surface area contributed by atoms with Crippen molar-refractivity contribution >= 4 is 103 Å². The van der Waals surface area contributed by atoms with E-state index in [1.54, 1.807) is 75.4 Å². The van der Waals surface area contributed by atoms with Gasteiger partial charge in [-0.05, 0) is 134 Å². The molecule has 6 aromatic rings. The largest absolute Gasteiger partial charge is 0.508 e. The van der Waals surface area contributed by atoms with E-state index in [4.69, 9.17) is 21.7 Å². The number of nitrogens with zero attached hydrogens (tertiary/aromatic N) is 2. The van der Waals surface area contributed by atoms with E-state index in [0.29, 0.717) is 80.9 Å². The number of carbonyl (C=O) groups excluding carboxylic acids is 5. The van der Waals surface area contributed by atoms with Gasteiger partial charge < -0.3 is 60.2 Å². The minimum absolute atomic E-state index is 0.00605. The highest BCUT2D eigenvalue weighted by atomic mass is 79.9. The number of esters is 1. The third kappa shape index (κ3) is 13.5. The number of aromatic hydroxyl groups is 2. The first kappa shape index (κ1) is 62.5. The summed E-state index contributed by atoms with van der Waals surface area (Å²) in [5.74, 6) is -1.74. The van der Waals surface area contributed by atoms with Gasteiger partial charge in [0.15, 0.2) is 10.7 Å². The smallest absolute Gasteiger partial charge is 0.401 e. The first-order chi connectivity index (χ1) is 40.4. The molecule has 4 heterocycles. The van der Waals surface area contributed by atoms with Gasteiger partial charge in [-0.3, -0.25) is 23.7 Å². The van der Waals surface area contributed by atoms with Crippen molar-refractivity contribution in [1.82, 2.24) is 20.9 Å². The number of thiocarbonyl (C=S) groups is 1. The number of hydrogen-bond acceptors (Lipinski definition) is 13. The predicted octanol–water partition coefficient (Wildman–Crippen LogP) is 11.9. The molecule has 450 valence electrons. The monoisotopic (exact) mass is 1290 g/mol. The van der Waals surface area contributed by atoms with Gasteiger partial charge in [0.05, 0.1) is 17.0 Å². The second-order valence-corrected chi connectivity index (χ2v) is 26.4. The van der Waals surface area contributed by atoms with Crippen LogP contribution in [-0.4, -0.2) is 99.6 Å². The van der Waals surface area contributed by atoms with Gasteiger partial charge in [0.2, 0.25) is 17.7 Å². The number of nitrogens with one attached hydrogen (secondary N) is 4. The number of ether oxygens (including phenoxy) is 2. The summed E-state index contributed by atoms with van der Waals surface area (Å²) in [6.45, 7) is 7.65. The van der Waals surface area contributed by atoms with E-state index in [-0.39, 0.29) is 53.1 Å². The fourth-order valence-electron chi connectivity index (χ4n) is 10.9. The lowest BCUT2D eigenvalue weighted by atomic mass is 9.77. The topological polar surface area (TPSA) is 245 Å². The lowest BCUT2D eigenvalue weighted by Crippen LogP contribution is -2.58. The quantitative estimate of drug-likeness (QED) is 0.0145. The van der Waals surface area contributed by atoms with Crippen molar-refractivity contribution in [3.05, 3.63) is 140 Å². The van der Waals surface area contributed by atoms with E-state index >= 15 is 8.78 Å². The number of phenolic OH excluding ortho intramolecular Hbond substituents is 2. The Kier molecular flexibility index (Phi) is 19.1. The Hall–Kier alpha value is -7.01. The number of alkyl halides is 2. The number of rotatable bonds is 22. The van der Waals surface area contributed by atoms with Crippen LogP contribution in [0.3, 0.4) is 0 Å². The molecule has 24 heteroatoms. The molecule has 9 rings (SSSR count). The molecule has 1 aromatic heterocycles. The lowest BCUT2D eigenvalue weighted by molar-refractivity contribution is -0.141. The van der Waals surface area contributed by atoms with Crippen molar-refractivity contribution in [1.29, 1.82) is 0 Å². The number of carbonyl (C=O) groups is 5. The normalized spacial score (nSPS) is 16.1. The number of halogens is 3. The number of phenols is 2. The summed E-state index contributed by atoms with van der Waals surface area (Å²) in [7, 11) is -5.36. The Morgan fingerprint density at radius 2 is 1.51 bits per heavy atom. The highest BCUT2D eigenvalue weighted by Crippen LogP contribution is 2.63. The van der Waals surface area contributed by atoms with Crippen molar-refractivity contribution in [3.8, 4) is 23.0 Å². The van der Waals surface area contributed by atoms with E-state index in [2.05, 4.69) is 41.7 Å². The Labute approximate surface area is 508 Å². The number of anilines is 2. The van der Waals surface area contributed by atoms with E-state index in [0.717, 1.165) is 66.5 Å². The maximum atomic E-state index is 15.1. The van der Waals surface area contributed by atoms with Crippen LogP contribution in [0.1, 0.15) is 128 Å². The Morgan fingerprint density at radius 1 is 0.871 bits per heavy atom. The summed E-state index contributed by atoms with van der Waals surface area (Å²) in [5, 5.41) is 33.3. The van der Waals surface area contributed by atoms with Crippen LogP contribution in [0.4, 0.5) is 20.2 Å². The molecule has 7 N–H and O–H groups in total. The molecule has 3 atom stereocenters. The molecular weight excluding hydrogens is 1220 g/mol. The minimum atomic E-state index is -5.36. The van der Waals surface area contributed by atoms with E-state index in [9.17, 15) is 43.6 Å². The van der Waals surface area contributed by atoms with Crippen molar-refractivity contribution in [2.24, 2.45) is 5.41 Å². The fourth-order valence-corrected chi connectivity index (χ4v) is 13.3. The Bertz CT molecular complexity index is 3550. The Balaban J connectivity index is 0.716. The number of unbranched alkanes of at least 4 members (excludes halogenated alkanes) is 5. The van der Waals surface area contributed by atoms with Gasteiger partial charge in [-0.2, -0.15) is 8.78 Å². The van der Waals surface area contributed by atoms with E-state index in [1.807, 2.05) is 0 Å². The van der Waals surface area contributed by atoms with Gasteiger partial charge in [-0.15, -0.1) is 11.3 Å². The molecule has 5 aromatic carbocycles. The summed E-state index contributed by atoms with van der Waals surface area (Å²) in [6.07, 6.45) is 6.28. The molecule has 3 aliphatic heterocycles. The highest BCUT2D eigenvalue weighted by Gasteiger charge is 2.55. The van der Waals surface area contributed by atoms with E-state index < -0.39 is 66.3 Å². The first-order valence-electron chi connectivity index (χ1n) is 28.0. The van der Waals surface area contributed by atoms with Gasteiger partial charge in [-0.1, -0.05) is 74.5 Å². The van der Waals surface area contributed by atoms with Crippen LogP contribution in [-0.2, 0) is 39.5 Å².